The lowest BCUT2D eigenvalue weighted by Gasteiger charge is -2.19. The van der Waals surface area contributed by atoms with E-state index in [9.17, 15) is 4.79 Å². The molecule has 0 fully saturated rings. The fourth-order valence-corrected chi connectivity index (χ4v) is 2.81. The fraction of sp³-hybridized carbons (Fsp3) is 0.300. The van der Waals surface area contributed by atoms with Gasteiger partial charge in [0, 0.05) is 28.2 Å². The number of esters is 1. The molecule has 3 aromatic rings. The van der Waals surface area contributed by atoms with Gasteiger partial charge in [0.1, 0.15) is 11.3 Å². The minimum Gasteiger partial charge on any atom is -0.481 e. The van der Waals surface area contributed by atoms with E-state index < -0.39 is 11.6 Å². The maximum Gasteiger partial charge on any atom is 0.355 e. The maximum atomic E-state index is 12.8. The third kappa shape index (κ3) is 3.36. The van der Waals surface area contributed by atoms with E-state index in [4.69, 9.17) is 9.47 Å². The molecule has 0 aliphatic heterocycles. The van der Waals surface area contributed by atoms with Crippen LogP contribution >= 0.6 is 0 Å². The Morgan fingerprint density at radius 3 is 2.64 bits per heavy atom. The van der Waals surface area contributed by atoms with Gasteiger partial charge in [-0.1, -0.05) is 11.6 Å². The molecule has 25 heavy (non-hydrogen) atoms. The summed E-state index contributed by atoms with van der Waals surface area (Å²) in [6.07, 6.45) is 1.66. The number of H-pyrrole nitrogens is 1. The first-order chi connectivity index (χ1) is 11.8. The Bertz CT molecular complexity index is 936. The van der Waals surface area contributed by atoms with Crippen LogP contribution < -0.4 is 4.74 Å². The molecule has 0 bridgehead atoms. The van der Waals surface area contributed by atoms with E-state index in [1.807, 2.05) is 58.0 Å². The fourth-order valence-electron chi connectivity index (χ4n) is 2.81. The molecule has 130 valence electrons. The molecule has 1 aromatic carbocycles. The average Bonchev–Trinajstić information content (AvgIpc) is 2.91. The van der Waals surface area contributed by atoms with E-state index in [1.165, 1.54) is 0 Å². The van der Waals surface area contributed by atoms with Crippen molar-refractivity contribution in [3.05, 3.63) is 47.8 Å². The molecule has 5 heteroatoms. The summed E-state index contributed by atoms with van der Waals surface area (Å²) >= 11 is 0. The number of ether oxygens (including phenoxy) is 2. The van der Waals surface area contributed by atoms with Gasteiger partial charge in [0.05, 0.1) is 7.11 Å². The number of methoxy groups -OCH3 is 1. The smallest absolute Gasteiger partial charge is 0.355 e. The molecule has 1 N–H and O–H groups in total. The van der Waals surface area contributed by atoms with Crippen LogP contribution in [-0.4, -0.2) is 28.6 Å². The van der Waals surface area contributed by atoms with Crippen molar-refractivity contribution in [2.45, 2.75) is 33.3 Å². The van der Waals surface area contributed by atoms with E-state index >= 15 is 0 Å². The summed E-state index contributed by atoms with van der Waals surface area (Å²) in [7, 11) is 1.57. The highest BCUT2D eigenvalue weighted by molar-refractivity contribution is 6.08. The molecule has 2 heterocycles. The van der Waals surface area contributed by atoms with E-state index in [-0.39, 0.29) is 0 Å². The first-order valence-corrected chi connectivity index (χ1v) is 8.15. The predicted molar refractivity (Wildman–Crippen MR) is 98.0 cm³/mol. The molecule has 0 radical (unpaired) electrons. The van der Waals surface area contributed by atoms with Gasteiger partial charge in [-0.05, 0) is 52.0 Å². The second-order valence-corrected chi connectivity index (χ2v) is 6.99. The molecule has 5 nitrogen and oxygen atoms in total. The van der Waals surface area contributed by atoms with E-state index in [1.54, 1.807) is 13.3 Å². The predicted octanol–water partition coefficient (Wildman–Crippen LogP) is 4.50. The van der Waals surface area contributed by atoms with Gasteiger partial charge in [-0.25, -0.2) is 9.78 Å². The molecule has 0 aliphatic rings. The number of carbonyl (C=O) groups excluding carboxylic acids is 1. The Labute approximate surface area is 147 Å². The second kappa shape index (κ2) is 6.24. The van der Waals surface area contributed by atoms with E-state index in [2.05, 4.69) is 9.97 Å². The molecule has 0 amide bonds. The van der Waals surface area contributed by atoms with Crippen LogP contribution in [0.4, 0.5) is 0 Å². The van der Waals surface area contributed by atoms with Crippen molar-refractivity contribution in [2.75, 3.05) is 7.11 Å². The number of pyridine rings is 1. The number of aryl methyl sites for hydroxylation is 1. The molecule has 0 saturated heterocycles. The highest BCUT2D eigenvalue weighted by atomic mass is 16.6. The number of nitrogens with zero attached hydrogens (tertiary/aromatic N) is 1. The number of benzene rings is 1. The van der Waals surface area contributed by atoms with Crippen molar-refractivity contribution < 1.29 is 14.3 Å². The summed E-state index contributed by atoms with van der Waals surface area (Å²) in [4.78, 5) is 20.3. The Balaban J connectivity index is 2.29. The lowest BCUT2D eigenvalue weighted by Crippen LogP contribution is -2.24. The first-order valence-electron chi connectivity index (χ1n) is 8.15. The lowest BCUT2D eigenvalue weighted by molar-refractivity contribution is 0.00648. The zero-order valence-electron chi connectivity index (χ0n) is 15.1. The Morgan fingerprint density at radius 1 is 1.20 bits per heavy atom. The van der Waals surface area contributed by atoms with Crippen LogP contribution in [0.25, 0.3) is 22.0 Å². The van der Waals surface area contributed by atoms with Crippen molar-refractivity contribution in [1.82, 2.24) is 9.97 Å². The second-order valence-electron chi connectivity index (χ2n) is 6.99. The number of carbonyl (C=O) groups is 1. The van der Waals surface area contributed by atoms with Gasteiger partial charge in [-0.2, -0.15) is 0 Å². The van der Waals surface area contributed by atoms with Gasteiger partial charge in [-0.15, -0.1) is 0 Å². The molecule has 0 saturated carbocycles. The number of fused-ring (bicyclic) bond motifs is 1. The summed E-state index contributed by atoms with van der Waals surface area (Å²) in [6, 6.07) is 9.73. The van der Waals surface area contributed by atoms with Gasteiger partial charge in [-0.3, -0.25) is 0 Å². The molecule has 0 unspecified atom stereocenters. The van der Waals surface area contributed by atoms with Gasteiger partial charge in [0.2, 0.25) is 5.88 Å². The largest absolute Gasteiger partial charge is 0.481 e. The summed E-state index contributed by atoms with van der Waals surface area (Å²) in [5.41, 5.74) is 3.29. The third-order valence-electron chi connectivity index (χ3n) is 3.79. The van der Waals surface area contributed by atoms with Crippen LogP contribution in [0.2, 0.25) is 0 Å². The number of aromatic amines is 1. The van der Waals surface area contributed by atoms with E-state index in [0.717, 1.165) is 27.6 Å². The standard InChI is InChI=1S/C20H22N2O3/c1-12-8-9-15-14(11-12)16(13-7-6-10-21-18(13)24-5)17(22-15)19(23)25-20(2,3)4/h6-11,22H,1-5H3. The van der Waals surface area contributed by atoms with Crippen molar-refractivity contribution in [3.8, 4) is 17.0 Å². The molecular formula is C20H22N2O3. The molecule has 0 aliphatic carbocycles. The zero-order valence-corrected chi connectivity index (χ0v) is 15.1. The summed E-state index contributed by atoms with van der Waals surface area (Å²) in [6.45, 7) is 7.57. The minimum absolute atomic E-state index is 0.401. The number of rotatable bonds is 3. The SMILES string of the molecule is COc1ncccc1-c1c(C(=O)OC(C)(C)C)[nH]c2ccc(C)cc12. The van der Waals surface area contributed by atoms with Crippen LogP contribution in [-0.2, 0) is 4.74 Å². The molecular weight excluding hydrogens is 316 g/mol. The highest BCUT2D eigenvalue weighted by Crippen LogP contribution is 2.37. The normalized spacial score (nSPS) is 11.6. The van der Waals surface area contributed by atoms with Gasteiger partial charge in [0.15, 0.2) is 0 Å². The van der Waals surface area contributed by atoms with Crippen molar-refractivity contribution in [3.63, 3.8) is 0 Å². The zero-order chi connectivity index (χ0) is 18.2. The average molecular weight is 338 g/mol. The summed E-state index contributed by atoms with van der Waals surface area (Å²) < 4.78 is 11.0. The van der Waals surface area contributed by atoms with Gasteiger partial charge in [0.25, 0.3) is 0 Å². The van der Waals surface area contributed by atoms with Crippen molar-refractivity contribution in [1.29, 1.82) is 0 Å². The monoisotopic (exact) mass is 338 g/mol. The van der Waals surface area contributed by atoms with Gasteiger partial charge >= 0.3 is 5.97 Å². The third-order valence-corrected chi connectivity index (χ3v) is 3.79. The summed E-state index contributed by atoms with van der Waals surface area (Å²) in [5, 5.41) is 0.937. The Hall–Kier alpha value is -2.82. The van der Waals surface area contributed by atoms with Gasteiger partial charge < -0.3 is 14.5 Å². The van der Waals surface area contributed by atoms with E-state index in [0.29, 0.717) is 11.6 Å². The van der Waals surface area contributed by atoms with Crippen LogP contribution in [0.3, 0.4) is 0 Å². The van der Waals surface area contributed by atoms with Crippen molar-refractivity contribution >= 4 is 16.9 Å². The van der Waals surface area contributed by atoms with Crippen LogP contribution in [0.5, 0.6) is 5.88 Å². The minimum atomic E-state index is -0.583. The van der Waals surface area contributed by atoms with Crippen LogP contribution in [0.15, 0.2) is 36.5 Å². The first kappa shape index (κ1) is 17.0. The topological polar surface area (TPSA) is 64.2 Å². The lowest BCUT2D eigenvalue weighted by atomic mass is 10.0. The number of nitrogens with one attached hydrogen (secondary N) is 1. The molecule has 3 rings (SSSR count). The molecule has 2 aromatic heterocycles. The number of hydrogen-bond acceptors (Lipinski definition) is 4. The Morgan fingerprint density at radius 2 is 1.96 bits per heavy atom. The van der Waals surface area contributed by atoms with Crippen LogP contribution in [0.1, 0.15) is 36.8 Å². The number of aromatic nitrogens is 2. The Kier molecular flexibility index (Phi) is 4.25. The molecule has 0 atom stereocenters. The quantitative estimate of drug-likeness (QED) is 0.714. The number of hydrogen-bond donors (Lipinski definition) is 1. The van der Waals surface area contributed by atoms with Crippen molar-refractivity contribution in [2.24, 2.45) is 0 Å². The highest BCUT2D eigenvalue weighted by Gasteiger charge is 2.26. The maximum absolute atomic E-state index is 12.8. The summed E-state index contributed by atoms with van der Waals surface area (Å²) in [5.74, 6) is 0.0666. The van der Waals surface area contributed by atoms with Crippen LogP contribution in [0, 0.1) is 6.92 Å². The molecule has 0 spiro atoms.